The first-order valence-electron chi connectivity index (χ1n) is 6.24. The zero-order valence-electron chi connectivity index (χ0n) is 10.9. The highest BCUT2D eigenvalue weighted by Gasteiger charge is 2.35. The van der Waals surface area contributed by atoms with E-state index in [1.54, 1.807) is 0 Å². The van der Waals surface area contributed by atoms with E-state index in [9.17, 15) is 13.6 Å². The maximum Gasteiger partial charge on any atom is 0.223 e. The Morgan fingerprint density at radius 1 is 1.41 bits per heavy atom. The summed E-state index contributed by atoms with van der Waals surface area (Å²) in [4.78, 5) is 15.9. The minimum atomic E-state index is -1.61. The second-order valence-electron chi connectivity index (χ2n) is 4.69. The van der Waals surface area contributed by atoms with Crippen LogP contribution in [0.4, 0.5) is 8.78 Å². The Kier molecular flexibility index (Phi) is 3.78. The molecule has 3 rings (SSSR count). The van der Waals surface area contributed by atoms with E-state index < -0.39 is 17.8 Å². The number of ketones is 1. The van der Waals surface area contributed by atoms with Crippen LogP contribution >= 0.6 is 22.6 Å². The van der Waals surface area contributed by atoms with E-state index in [2.05, 4.69) is 4.98 Å². The number of halogens is 3. The highest BCUT2D eigenvalue weighted by molar-refractivity contribution is 14.1. The van der Waals surface area contributed by atoms with E-state index >= 15 is 0 Å². The molecule has 110 valence electrons. The third-order valence-electron chi connectivity index (χ3n) is 3.22. The van der Waals surface area contributed by atoms with Crippen molar-refractivity contribution in [2.45, 2.75) is 12.6 Å². The Balaban J connectivity index is 2.04. The summed E-state index contributed by atoms with van der Waals surface area (Å²) in [5, 5.41) is 8.83. The van der Waals surface area contributed by atoms with Crippen LogP contribution in [0.2, 0.25) is 0 Å². The van der Waals surface area contributed by atoms with Gasteiger partial charge in [0.1, 0.15) is 11.6 Å². The zero-order chi connectivity index (χ0) is 15.9. The van der Waals surface area contributed by atoms with Crippen molar-refractivity contribution in [3.63, 3.8) is 0 Å². The summed E-state index contributed by atoms with van der Waals surface area (Å²) in [7, 11) is 0. The fourth-order valence-corrected chi connectivity index (χ4v) is 3.01. The Hall–Kier alpha value is -2.08. The summed E-state index contributed by atoms with van der Waals surface area (Å²) in [6.45, 7) is 0. The number of ether oxygens (including phenoxy) is 1. The van der Waals surface area contributed by atoms with Crippen molar-refractivity contribution >= 4 is 28.4 Å². The predicted molar refractivity (Wildman–Crippen MR) is 81.1 cm³/mol. The third kappa shape index (κ3) is 2.54. The quantitative estimate of drug-likeness (QED) is 0.708. The largest absolute Gasteiger partial charge is 0.439 e. The summed E-state index contributed by atoms with van der Waals surface area (Å²) < 4.78 is 33.1. The number of aromatic nitrogens is 1. The first-order chi connectivity index (χ1) is 10.5. The van der Waals surface area contributed by atoms with Crippen molar-refractivity contribution in [1.29, 1.82) is 5.26 Å². The van der Waals surface area contributed by atoms with Crippen LogP contribution in [0.3, 0.4) is 0 Å². The molecule has 7 heteroatoms. The molecule has 1 aliphatic carbocycles. The topological polar surface area (TPSA) is 63.0 Å². The Morgan fingerprint density at radius 2 is 2.18 bits per heavy atom. The molecule has 22 heavy (non-hydrogen) atoms. The van der Waals surface area contributed by atoms with Gasteiger partial charge in [0.15, 0.2) is 12.0 Å². The molecule has 0 N–H and O–H groups in total. The first kappa shape index (κ1) is 14.8. The van der Waals surface area contributed by atoms with E-state index in [1.165, 1.54) is 12.3 Å². The molecule has 1 heterocycles. The molecule has 1 aromatic carbocycles. The van der Waals surface area contributed by atoms with Gasteiger partial charge >= 0.3 is 0 Å². The highest BCUT2D eigenvalue weighted by atomic mass is 127. The summed E-state index contributed by atoms with van der Waals surface area (Å²) in [5.41, 5.74) is 0.721. The van der Waals surface area contributed by atoms with Crippen molar-refractivity contribution in [3.8, 4) is 17.7 Å². The highest BCUT2D eigenvalue weighted by Crippen LogP contribution is 2.35. The van der Waals surface area contributed by atoms with Crippen molar-refractivity contribution in [2.24, 2.45) is 0 Å². The fraction of sp³-hybridized carbons (Fsp3) is 0.133. The normalized spacial score (nSPS) is 16.3. The molecule has 0 amide bonds. The average molecular weight is 412 g/mol. The number of nitriles is 1. The van der Waals surface area contributed by atoms with Crippen LogP contribution in [0.5, 0.6) is 11.6 Å². The summed E-state index contributed by atoms with van der Waals surface area (Å²) >= 11 is 1.91. The molecule has 0 aliphatic heterocycles. The number of pyridine rings is 1. The summed E-state index contributed by atoms with van der Waals surface area (Å²) in [6, 6.07) is 5.32. The maximum absolute atomic E-state index is 13.7. The molecule has 2 aromatic rings. The van der Waals surface area contributed by atoms with Crippen molar-refractivity contribution < 1.29 is 18.3 Å². The minimum Gasteiger partial charge on any atom is -0.439 e. The van der Waals surface area contributed by atoms with Crippen LogP contribution in [0.15, 0.2) is 24.4 Å². The van der Waals surface area contributed by atoms with Gasteiger partial charge in [-0.05, 0) is 34.7 Å². The van der Waals surface area contributed by atoms with Crippen LogP contribution in [-0.4, -0.2) is 16.9 Å². The minimum absolute atomic E-state index is 0.0541. The predicted octanol–water partition coefficient (Wildman–Crippen LogP) is 3.57. The number of fused-ring (bicyclic) bond motifs is 1. The van der Waals surface area contributed by atoms with Gasteiger partial charge in [-0.15, -0.1) is 0 Å². The average Bonchev–Trinajstić information content (AvgIpc) is 2.78. The van der Waals surface area contributed by atoms with E-state index in [1.807, 2.05) is 28.7 Å². The molecule has 1 aromatic heterocycles. The second kappa shape index (κ2) is 5.61. The van der Waals surface area contributed by atoms with Gasteiger partial charge in [-0.1, -0.05) is 0 Å². The monoisotopic (exact) mass is 412 g/mol. The van der Waals surface area contributed by atoms with Crippen LogP contribution < -0.4 is 4.74 Å². The number of hydrogen-bond donors (Lipinski definition) is 0. The lowest BCUT2D eigenvalue weighted by Gasteiger charge is -2.10. The lowest BCUT2D eigenvalue weighted by atomic mass is 10.2. The Morgan fingerprint density at radius 3 is 2.91 bits per heavy atom. The third-order valence-corrected chi connectivity index (χ3v) is 4.04. The molecule has 0 saturated heterocycles. The molecule has 1 aliphatic rings. The lowest BCUT2D eigenvalue weighted by Crippen LogP contribution is -2.09. The molecular formula is C15H7F2IN2O2. The fourth-order valence-electron chi connectivity index (χ4n) is 2.28. The maximum atomic E-state index is 13.7. The second-order valence-corrected chi connectivity index (χ2v) is 5.85. The Labute approximate surface area is 137 Å². The van der Waals surface area contributed by atoms with Gasteiger partial charge in [0, 0.05) is 33.4 Å². The number of alkyl halides is 1. The number of rotatable bonds is 2. The van der Waals surface area contributed by atoms with Gasteiger partial charge in [0.25, 0.3) is 0 Å². The van der Waals surface area contributed by atoms with Crippen molar-refractivity contribution in [1.82, 2.24) is 4.98 Å². The molecule has 1 atom stereocenters. The van der Waals surface area contributed by atoms with Gasteiger partial charge in [-0.2, -0.15) is 5.26 Å². The van der Waals surface area contributed by atoms with Gasteiger partial charge < -0.3 is 4.74 Å². The molecular weight excluding hydrogens is 405 g/mol. The van der Waals surface area contributed by atoms with Crippen LogP contribution in [-0.2, 0) is 6.42 Å². The molecule has 0 fully saturated rings. The number of hydrogen-bond acceptors (Lipinski definition) is 4. The molecule has 4 nitrogen and oxygen atoms in total. The number of carbonyl (C=O) groups is 1. The van der Waals surface area contributed by atoms with Crippen molar-refractivity contribution in [3.05, 3.63) is 50.5 Å². The summed E-state index contributed by atoms with van der Waals surface area (Å²) in [6.07, 6.45) is -0.333. The first-order valence-corrected chi connectivity index (χ1v) is 7.31. The van der Waals surface area contributed by atoms with E-state index in [0.717, 1.165) is 12.1 Å². The van der Waals surface area contributed by atoms with E-state index in [-0.39, 0.29) is 29.2 Å². The number of carbonyl (C=O) groups excluding carboxylic acids is 1. The number of nitrogens with zero attached hydrogens (tertiary/aromatic N) is 2. The van der Waals surface area contributed by atoms with Crippen LogP contribution in [0, 0.1) is 20.7 Å². The van der Waals surface area contributed by atoms with Gasteiger partial charge in [0.05, 0.1) is 11.6 Å². The number of benzene rings is 1. The summed E-state index contributed by atoms with van der Waals surface area (Å²) in [5.74, 6) is -1.10. The molecule has 0 spiro atoms. The smallest absolute Gasteiger partial charge is 0.223 e. The Bertz CT molecular complexity index is 833. The molecule has 0 radical (unpaired) electrons. The standard InChI is InChI=1S/C15H7F2IN2O2/c16-8-1-7(5-19)2-9(3-8)22-15-10-4-11(17)14(21)13(10)12(18)6-20-15/h1-3,6,11H,4H2. The van der Waals surface area contributed by atoms with Crippen molar-refractivity contribution in [2.75, 3.05) is 0 Å². The van der Waals surface area contributed by atoms with Gasteiger partial charge in [0.2, 0.25) is 5.88 Å². The number of Topliss-reactive ketones (excluding diaryl/α,β-unsaturated/α-hetero) is 1. The van der Waals surface area contributed by atoms with E-state index in [4.69, 9.17) is 10.00 Å². The molecule has 1 unspecified atom stereocenters. The van der Waals surface area contributed by atoms with E-state index in [0.29, 0.717) is 9.13 Å². The SMILES string of the molecule is N#Cc1cc(F)cc(Oc2ncc(I)c3c2CC(F)C3=O)c1. The van der Waals surface area contributed by atoms with Gasteiger partial charge in [-0.25, -0.2) is 13.8 Å². The van der Waals surface area contributed by atoms with Gasteiger partial charge in [-0.3, -0.25) is 4.79 Å². The van der Waals surface area contributed by atoms with Crippen LogP contribution in [0.25, 0.3) is 0 Å². The van der Waals surface area contributed by atoms with Crippen LogP contribution in [0.1, 0.15) is 21.5 Å². The molecule has 0 bridgehead atoms. The zero-order valence-corrected chi connectivity index (χ0v) is 13.1. The molecule has 0 saturated carbocycles. The lowest BCUT2D eigenvalue weighted by molar-refractivity contribution is 0.0898.